The maximum atomic E-state index is 14.9. The first kappa shape index (κ1) is 21.5. The van der Waals surface area contributed by atoms with Crippen LogP contribution in [0.5, 0.6) is 0 Å². The third-order valence-corrected chi connectivity index (χ3v) is 7.84. The SMILES string of the molecule is CN(C)C(=O)[C@]12C[C@H]1[C@@](C)(c1cc(/C=C(\F)c3ncc(C#N)s3)ccc1F)N=C(N)S2. The van der Waals surface area contributed by atoms with Gasteiger partial charge >= 0.3 is 0 Å². The van der Waals surface area contributed by atoms with E-state index in [1.807, 2.05) is 6.07 Å². The van der Waals surface area contributed by atoms with Crippen LogP contribution in [0.4, 0.5) is 8.78 Å². The summed E-state index contributed by atoms with van der Waals surface area (Å²) in [7, 11) is 3.36. The number of thiazole rings is 1. The molecule has 2 N–H and O–H groups in total. The number of carbonyl (C=O) groups is 1. The Morgan fingerprint density at radius 3 is 2.84 bits per heavy atom. The molecule has 1 aliphatic carbocycles. The number of aromatic nitrogens is 1. The average molecular weight is 460 g/mol. The van der Waals surface area contributed by atoms with Crippen LogP contribution in [0, 0.1) is 23.1 Å². The Morgan fingerprint density at radius 2 is 2.19 bits per heavy atom. The van der Waals surface area contributed by atoms with Crippen molar-refractivity contribution in [2.45, 2.75) is 23.6 Å². The van der Waals surface area contributed by atoms with Crippen molar-refractivity contribution in [3.8, 4) is 6.07 Å². The van der Waals surface area contributed by atoms with Gasteiger partial charge in [-0.2, -0.15) is 5.26 Å². The molecule has 1 amide bonds. The van der Waals surface area contributed by atoms with Gasteiger partial charge in [-0.15, -0.1) is 11.3 Å². The van der Waals surface area contributed by atoms with Crippen molar-refractivity contribution >= 4 is 46.1 Å². The number of nitrogens with two attached hydrogens (primary N) is 1. The number of thioether (sulfide) groups is 1. The van der Waals surface area contributed by atoms with Crippen molar-refractivity contribution in [3.05, 3.63) is 51.2 Å². The number of nitrogens with zero attached hydrogens (tertiary/aromatic N) is 4. The number of hydrogen-bond donors (Lipinski definition) is 1. The maximum absolute atomic E-state index is 14.9. The fourth-order valence-corrected chi connectivity index (χ4v) is 6.22. The zero-order valence-corrected chi connectivity index (χ0v) is 18.7. The Balaban J connectivity index is 1.73. The summed E-state index contributed by atoms with van der Waals surface area (Å²) in [5.74, 6) is -1.43. The summed E-state index contributed by atoms with van der Waals surface area (Å²) in [6.07, 6.45) is 3.07. The molecule has 2 aromatic rings. The van der Waals surface area contributed by atoms with E-state index in [1.54, 1.807) is 21.0 Å². The zero-order valence-electron chi connectivity index (χ0n) is 17.0. The lowest BCUT2D eigenvalue weighted by molar-refractivity contribution is -0.129. The number of nitriles is 1. The lowest BCUT2D eigenvalue weighted by Crippen LogP contribution is -2.43. The van der Waals surface area contributed by atoms with Crippen LogP contribution in [0.15, 0.2) is 29.4 Å². The molecule has 1 aromatic carbocycles. The first-order valence-electron chi connectivity index (χ1n) is 9.40. The van der Waals surface area contributed by atoms with Crippen LogP contribution in [0.25, 0.3) is 11.9 Å². The molecule has 1 aliphatic heterocycles. The van der Waals surface area contributed by atoms with Crippen molar-refractivity contribution in [1.82, 2.24) is 9.88 Å². The Labute approximate surface area is 186 Å². The Bertz CT molecular complexity index is 1180. The van der Waals surface area contributed by atoms with Gasteiger partial charge in [0.05, 0.1) is 11.7 Å². The van der Waals surface area contributed by atoms with Gasteiger partial charge in [0.2, 0.25) is 5.91 Å². The molecule has 4 rings (SSSR count). The van der Waals surface area contributed by atoms with Crippen LogP contribution < -0.4 is 5.73 Å². The predicted octanol–water partition coefficient (Wildman–Crippen LogP) is 3.75. The minimum absolute atomic E-state index is 0.0720. The molecule has 3 atom stereocenters. The van der Waals surface area contributed by atoms with E-state index >= 15 is 0 Å². The highest BCUT2D eigenvalue weighted by molar-refractivity contribution is 8.15. The van der Waals surface area contributed by atoms with E-state index < -0.39 is 21.9 Å². The van der Waals surface area contributed by atoms with Gasteiger partial charge in [0, 0.05) is 25.6 Å². The third-order valence-electron chi connectivity index (χ3n) is 5.64. The smallest absolute Gasteiger partial charge is 0.239 e. The number of halogens is 2. The molecular weight excluding hydrogens is 440 g/mol. The number of carbonyl (C=O) groups excluding carboxylic acids is 1. The monoisotopic (exact) mass is 459 g/mol. The fourth-order valence-electron chi connectivity index (χ4n) is 4.10. The Hall–Kier alpha value is -2.77. The van der Waals surface area contributed by atoms with E-state index in [-0.39, 0.29) is 27.6 Å². The highest BCUT2D eigenvalue weighted by Crippen LogP contribution is 2.66. The fraction of sp³-hybridized carbons (Fsp3) is 0.333. The van der Waals surface area contributed by atoms with E-state index in [2.05, 4.69) is 9.98 Å². The minimum atomic E-state index is -1.05. The Morgan fingerprint density at radius 1 is 1.45 bits per heavy atom. The molecule has 1 fully saturated rings. The molecular formula is C21H19F2N5OS2. The number of hydrogen-bond acceptors (Lipinski definition) is 7. The number of amidine groups is 1. The third kappa shape index (κ3) is 3.51. The number of rotatable bonds is 4. The quantitative estimate of drug-likeness (QED) is 0.751. The largest absolute Gasteiger partial charge is 0.378 e. The second-order valence-corrected chi connectivity index (χ2v) is 10.3. The summed E-state index contributed by atoms with van der Waals surface area (Å²) in [4.78, 5) is 23.1. The van der Waals surface area contributed by atoms with Gasteiger partial charge in [0.15, 0.2) is 16.0 Å². The van der Waals surface area contributed by atoms with Crippen molar-refractivity contribution in [2.75, 3.05) is 14.1 Å². The van der Waals surface area contributed by atoms with Crippen LogP contribution in [-0.4, -0.2) is 39.8 Å². The number of aliphatic imine (C=N–C) groups is 1. The summed E-state index contributed by atoms with van der Waals surface area (Å²) < 4.78 is 28.8. The van der Waals surface area contributed by atoms with E-state index in [0.29, 0.717) is 16.9 Å². The predicted molar refractivity (Wildman–Crippen MR) is 118 cm³/mol. The molecule has 0 bridgehead atoms. The molecule has 6 nitrogen and oxygen atoms in total. The van der Waals surface area contributed by atoms with Crippen molar-refractivity contribution < 1.29 is 13.6 Å². The highest BCUT2D eigenvalue weighted by Gasteiger charge is 2.71. The van der Waals surface area contributed by atoms with Gasteiger partial charge in [-0.25, -0.2) is 13.8 Å². The molecule has 2 aliphatic rings. The molecule has 0 unspecified atom stereocenters. The summed E-state index contributed by atoms with van der Waals surface area (Å²) in [6, 6.07) is 6.16. The van der Waals surface area contributed by atoms with E-state index in [1.165, 1.54) is 47.1 Å². The molecule has 160 valence electrons. The number of benzene rings is 1. The molecule has 2 heterocycles. The van der Waals surface area contributed by atoms with E-state index in [4.69, 9.17) is 11.0 Å². The van der Waals surface area contributed by atoms with Crippen molar-refractivity contribution in [1.29, 1.82) is 5.26 Å². The topological polar surface area (TPSA) is 95.4 Å². The van der Waals surface area contributed by atoms with Gasteiger partial charge in [-0.3, -0.25) is 9.79 Å². The molecule has 1 saturated carbocycles. The summed E-state index contributed by atoms with van der Waals surface area (Å²) in [5, 5.41) is 9.19. The molecule has 1 aromatic heterocycles. The molecule has 31 heavy (non-hydrogen) atoms. The van der Waals surface area contributed by atoms with Gasteiger partial charge < -0.3 is 10.6 Å². The van der Waals surface area contributed by atoms with Gasteiger partial charge in [0.25, 0.3) is 0 Å². The van der Waals surface area contributed by atoms with E-state index in [9.17, 15) is 13.6 Å². The first-order valence-corrected chi connectivity index (χ1v) is 11.0. The second kappa shape index (κ2) is 7.43. The summed E-state index contributed by atoms with van der Waals surface area (Å²) in [5.41, 5.74) is 5.68. The van der Waals surface area contributed by atoms with Gasteiger partial charge in [-0.1, -0.05) is 17.8 Å². The molecule has 10 heteroatoms. The summed E-state index contributed by atoms with van der Waals surface area (Å²) >= 11 is 2.16. The summed E-state index contributed by atoms with van der Waals surface area (Å²) in [6.45, 7) is 1.76. The highest BCUT2D eigenvalue weighted by atomic mass is 32.2. The van der Waals surface area contributed by atoms with Crippen LogP contribution >= 0.6 is 23.1 Å². The standard InChI is InChI=1S/C21H19F2N5OS2/c1-20(16-8-21(16,18(29)28(2)3)31-19(25)27-20)13-6-11(4-5-14(13)22)7-15(23)17-26-10-12(9-24)30-17/h4-7,10,16H,8H2,1-3H3,(H2,25,27)/b15-7-/t16-,20+,21-/m0/s1. The molecule has 0 radical (unpaired) electrons. The normalized spacial score (nSPS) is 27.2. The van der Waals surface area contributed by atoms with Gasteiger partial charge in [-0.05, 0) is 37.1 Å². The first-order chi connectivity index (χ1) is 14.6. The van der Waals surface area contributed by atoms with Gasteiger partial charge in [0.1, 0.15) is 21.5 Å². The van der Waals surface area contributed by atoms with Crippen LogP contribution in [0.2, 0.25) is 0 Å². The van der Waals surface area contributed by atoms with Crippen molar-refractivity contribution in [2.24, 2.45) is 16.6 Å². The zero-order chi connectivity index (χ0) is 22.6. The maximum Gasteiger partial charge on any atom is 0.239 e. The minimum Gasteiger partial charge on any atom is -0.378 e. The van der Waals surface area contributed by atoms with E-state index in [0.717, 1.165) is 11.3 Å². The number of amides is 1. The molecule has 0 spiro atoms. The lowest BCUT2D eigenvalue weighted by atomic mass is 9.84. The van der Waals surface area contributed by atoms with Crippen LogP contribution in [0.1, 0.15) is 34.4 Å². The lowest BCUT2D eigenvalue weighted by Gasteiger charge is -2.34. The van der Waals surface area contributed by atoms with Crippen LogP contribution in [0.3, 0.4) is 0 Å². The molecule has 0 saturated heterocycles. The van der Waals surface area contributed by atoms with Crippen molar-refractivity contribution in [3.63, 3.8) is 0 Å². The Kier molecular flexibility index (Phi) is 5.14. The average Bonchev–Trinajstić information content (AvgIpc) is 3.27. The second-order valence-electron chi connectivity index (χ2n) is 7.92. The number of fused-ring (bicyclic) bond motifs is 1. The van der Waals surface area contributed by atoms with Crippen LogP contribution in [-0.2, 0) is 10.3 Å².